The van der Waals surface area contributed by atoms with Gasteiger partial charge in [0.2, 0.25) is 5.89 Å². The Kier molecular flexibility index (Phi) is 6.08. The van der Waals surface area contributed by atoms with Gasteiger partial charge in [-0.3, -0.25) is 0 Å². The molecule has 0 radical (unpaired) electrons. The Morgan fingerprint density at radius 1 is 0.935 bits per heavy atom. The topological polar surface area (TPSA) is 84.2 Å². The standard InChI is InChI=1S/C25H23N3O3/c1-2-3-8-17-13-15-18(16-14-17)26-25(30)28-21-11-6-4-9-19(21)23-27-22-12-7-5-10-20(22)24(29)31-23/h4-7,9-16H,2-3,8H2,1H3,(H2,26,28,30). The Labute approximate surface area is 179 Å². The van der Waals surface area contributed by atoms with Crippen molar-refractivity contribution in [2.75, 3.05) is 10.6 Å². The SMILES string of the molecule is CCCCc1ccc(NC(=O)Nc2ccccc2-c2nc3ccccc3c(=O)o2)cc1. The molecule has 4 rings (SSSR count). The Balaban J connectivity index is 1.54. The zero-order chi connectivity index (χ0) is 21.6. The average molecular weight is 413 g/mol. The lowest BCUT2D eigenvalue weighted by Gasteiger charge is -2.11. The van der Waals surface area contributed by atoms with E-state index in [2.05, 4.69) is 22.5 Å². The lowest BCUT2D eigenvalue weighted by Crippen LogP contribution is -2.20. The Bertz CT molecular complexity index is 1260. The molecule has 3 aromatic carbocycles. The number of unbranched alkanes of at least 4 members (excludes halogenated alkanes) is 1. The van der Waals surface area contributed by atoms with Crippen LogP contribution in [-0.4, -0.2) is 11.0 Å². The molecule has 6 nitrogen and oxygen atoms in total. The van der Waals surface area contributed by atoms with Crippen molar-refractivity contribution < 1.29 is 9.21 Å². The van der Waals surface area contributed by atoms with Gasteiger partial charge in [0.05, 0.1) is 22.2 Å². The van der Waals surface area contributed by atoms with Gasteiger partial charge in [0, 0.05) is 5.69 Å². The van der Waals surface area contributed by atoms with E-state index in [1.165, 1.54) is 5.56 Å². The summed E-state index contributed by atoms with van der Waals surface area (Å²) < 4.78 is 5.42. The second kappa shape index (κ2) is 9.26. The first-order valence-electron chi connectivity index (χ1n) is 10.3. The van der Waals surface area contributed by atoms with Crippen LogP contribution in [-0.2, 0) is 6.42 Å². The summed E-state index contributed by atoms with van der Waals surface area (Å²) in [5.41, 5.74) is 3.03. The maximum absolute atomic E-state index is 12.6. The van der Waals surface area contributed by atoms with E-state index in [9.17, 15) is 9.59 Å². The van der Waals surface area contributed by atoms with Crippen molar-refractivity contribution in [3.05, 3.63) is 88.8 Å². The highest BCUT2D eigenvalue weighted by molar-refractivity contribution is 6.02. The number of rotatable bonds is 6. The van der Waals surface area contributed by atoms with Crippen molar-refractivity contribution in [3.8, 4) is 11.5 Å². The van der Waals surface area contributed by atoms with Gasteiger partial charge in [-0.1, -0.05) is 49.7 Å². The first kappa shape index (κ1) is 20.3. The van der Waals surface area contributed by atoms with Gasteiger partial charge in [0.25, 0.3) is 0 Å². The van der Waals surface area contributed by atoms with E-state index in [1.807, 2.05) is 30.3 Å². The third-order valence-corrected chi connectivity index (χ3v) is 4.97. The molecule has 0 atom stereocenters. The van der Waals surface area contributed by atoms with Crippen LogP contribution in [0.4, 0.5) is 16.2 Å². The second-order valence-corrected chi connectivity index (χ2v) is 7.25. The monoisotopic (exact) mass is 413 g/mol. The molecule has 2 N–H and O–H groups in total. The van der Waals surface area contributed by atoms with Crippen LogP contribution < -0.4 is 16.3 Å². The van der Waals surface area contributed by atoms with E-state index in [0.29, 0.717) is 27.8 Å². The maximum Gasteiger partial charge on any atom is 0.347 e. The van der Waals surface area contributed by atoms with Crippen LogP contribution >= 0.6 is 0 Å². The van der Waals surface area contributed by atoms with Gasteiger partial charge in [0.1, 0.15) is 0 Å². The molecule has 2 amide bonds. The smallest absolute Gasteiger partial charge is 0.347 e. The van der Waals surface area contributed by atoms with Gasteiger partial charge >= 0.3 is 11.7 Å². The van der Waals surface area contributed by atoms with Gasteiger partial charge in [-0.2, -0.15) is 0 Å². The molecule has 0 spiro atoms. The summed E-state index contributed by atoms with van der Waals surface area (Å²) in [6.45, 7) is 2.16. The summed E-state index contributed by atoms with van der Waals surface area (Å²) >= 11 is 0. The summed E-state index contributed by atoms with van der Waals surface area (Å²) in [7, 11) is 0. The molecule has 6 heteroatoms. The lowest BCUT2D eigenvalue weighted by molar-refractivity contribution is 0.262. The van der Waals surface area contributed by atoms with E-state index in [0.717, 1.165) is 19.3 Å². The molecule has 156 valence electrons. The number of urea groups is 1. The number of fused-ring (bicyclic) bond motifs is 1. The number of carbonyl (C=O) groups excluding carboxylic acids is 1. The Morgan fingerprint density at radius 3 is 2.48 bits per heavy atom. The Morgan fingerprint density at radius 2 is 1.68 bits per heavy atom. The van der Waals surface area contributed by atoms with Gasteiger partial charge in [-0.25, -0.2) is 14.6 Å². The minimum absolute atomic E-state index is 0.153. The Hall–Kier alpha value is -3.93. The zero-order valence-electron chi connectivity index (χ0n) is 17.2. The number of benzene rings is 3. The molecule has 0 unspecified atom stereocenters. The molecule has 0 aliphatic heterocycles. The van der Waals surface area contributed by atoms with Crippen LogP contribution in [0.3, 0.4) is 0 Å². The summed E-state index contributed by atoms with van der Waals surface area (Å²) in [5.74, 6) is 0.153. The number of carbonyl (C=O) groups is 1. The average Bonchev–Trinajstić information content (AvgIpc) is 2.79. The summed E-state index contributed by atoms with van der Waals surface area (Å²) in [6.07, 6.45) is 3.32. The van der Waals surface area contributed by atoms with Crippen LogP contribution in [0.5, 0.6) is 0 Å². The molecule has 0 fully saturated rings. The molecule has 4 aromatic rings. The lowest BCUT2D eigenvalue weighted by atomic mass is 10.1. The summed E-state index contributed by atoms with van der Waals surface area (Å²) in [4.78, 5) is 29.4. The molecule has 0 bridgehead atoms. The molecule has 0 aliphatic carbocycles. The van der Waals surface area contributed by atoms with Crippen molar-refractivity contribution in [2.45, 2.75) is 26.2 Å². The van der Waals surface area contributed by atoms with Crippen molar-refractivity contribution in [1.82, 2.24) is 4.98 Å². The number of hydrogen-bond acceptors (Lipinski definition) is 4. The van der Waals surface area contributed by atoms with E-state index >= 15 is 0 Å². The van der Waals surface area contributed by atoms with Crippen LogP contribution in [0.1, 0.15) is 25.3 Å². The van der Waals surface area contributed by atoms with Crippen LogP contribution in [0, 0.1) is 0 Å². The fraction of sp³-hybridized carbons (Fsp3) is 0.160. The highest BCUT2D eigenvalue weighted by atomic mass is 16.4. The number of amides is 2. The number of para-hydroxylation sites is 2. The number of aromatic nitrogens is 1. The fourth-order valence-corrected chi connectivity index (χ4v) is 3.33. The van der Waals surface area contributed by atoms with Crippen molar-refractivity contribution >= 4 is 28.3 Å². The van der Waals surface area contributed by atoms with Crippen molar-refractivity contribution in [2.24, 2.45) is 0 Å². The summed E-state index contributed by atoms with van der Waals surface area (Å²) in [6, 6.07) is 21.5. The van der Waals surface area contributed by atoms with E-state index in [4.69, 9.17) is 4.42 Å². The molecule has 1 aromatic heterocycles. The molecule has 0 aliphatic rings. The molecular weight excluding hydrogens is 390 g/mol. The molecule has 0 saturated carbocycles. The molecule has 31 heavy (non-hydrogen) atoms. The zero-order valence-corrected chi connectivity index (χ0v) is 17.2. The van der Waals surface area contributed by atoms with E-state index < -0.39 is 11.7 Å². The van der Waals surface area contributed by atoms with Crippen LogP contribution in [0.25, 0.3) is 22.4 Å². The second-order valence-electron chi connectivity index (χ2n) is 7.25. The van der Waals surface area contributed by atoms with Crippen molar-refractivity contribution in [1.29, 1.82) is 0 Å². The number of nitrogens with zero attached hydrogens (tertiary/aromatic N) is 1. The summed E-state index contributed by atoms with van der Waals surface area (Å²) in [5, 5.41) is 6.07. The highest BCUT2D eigenvalue weighted by Gasteiger charge is 2.14. The minimum Gasteiger partial charge on any atom is -0.403 e. The molecule has 1 heterocycles. The quantitative estimate of drug-likeness (QED) is 0.416. The van der Waals surface area contributed by atoms with Gasteiger partial charge in [-0.05, 0) is 54.8 Å². The molecular formula is C25H23N3O3. The predicted octanol–water partition coefficient (Wildman–Crippen LogP) is 5.84. The largest absolute Gasteiger partial charge is 0.403 e. The van der Waals surface area contributed by atoms with Gasteiger partial charge in [0.15, 0.2) is 0 Å². The van der Waals surface area contributed by atoms with Crippen molar-refractivity contribution in [3.63, 3.8) is 0 Å². The third-order valence-electron chi connectivity index (χ3n) is 4.97. The van der Waals surface area contributed by atoms with Gasteiger partial charge in [-0.15, -0.1) is 0 Å². The minimum atomic E-state index is -0.469. The number of anilines is 2. The normalized spacial score (nSPS) is 10.7. The first-order chi connectivity index (χ1) is 15.1. The maximum atomic E-state index is 12.6. The van der Waals surface area contributed by atoms with E-state index in [-0.39, 0.29) is 5.89 Å². The fourth-order valence-electron chi connectivity index (χ4n) is 3.33. The predicted molar refractivity (Wildman–Crippen MR) is 123 cm³/mol. The van der Waals surface area contributed by atoms with Crippen LogP contribution in [0.2, 0.25) is 0 Å². The van der Waals surface area contributed by atoms with Gasteiger partial charge < -0.3 is 15.1 Å². The first-order valence-corrected chi connectivity index (χ1v) is 10.3. The third kappa shape index (κ3) is 4.80. The number of hydrogen-bond donors (Lipinski definition) is 2. The van der Waals surface area contributed by atoms with E-state index in [1.54, 1.807) is 42.5 Å². The molecule has 0 saturated heterocycles. The number of nitrogens with one attached hydrogen (secondary N) is 2. The number of aryl methyl sites for hydroxylation is 1. The van der Waals surface area contributed by atoms with Crippen LogP contribution in [0.15, 0.2) is 82.0 Å². The highest BCUT2D eigenvalue weighted by Crippen LogP contribution is 2.27.